The molecule has 1 aromatic carbocycles. The summed E-state index contributed by atoms with van der Waals surface area (Å²) in [5, 5.41) is 10.8. The molecule has 3 heteroatoms. The highest BCUT2D eigenvalue weighted by atomic mass is 35.5. The second kappa shape index (κ2) is 6.87. The third kappa shape index (κ3) is 3.90. The van der Waals surface area contributed by atoms with E-state index in [9.17, 15) is 5.11 Å². The van der Waals surface area contributed by atoms with Crippen molar-refractivity contribution >= 4 is 11.6 Å². The summed E-state index contributed by atoms with van der Waals surface area (Å²) in [7, 11) is 1.59. The number of ether oxygens (including phenoxy) is 1. The number of aliphatic hydroxyl groups excluding tert-OH is 1. The highest BCUT2D eigenvalue weighted by Crippen LogP contribution is 2.35. The van der Waals surface area contributed by atoms with Crippen LogP contribution in [0.5, 0.6) is 5.75 Å². The first kappa shape index (κ1) is 14.3. The quantitative estimate of drug-likeness (QED) is 0.826. The van der Waals surface area contributed by atoms with E-state index in [0.29, 0.717) is 28.7 Å². The van der Waals surface area contributed by atoms with Gasteiger partial charge in [-0.15, -0.1) is 0 Å². The minimum Gasteiger partial charge on any atom is -0.496 e. The predicted molar refractivity (Wildman–Crippen MR) is 71.7 cm³/mol. The molecule has 0 aliphatic carbocycles. The van der Waals surface area contributed by atoms with Crippen LogP contribution in [0.1, 0.15) is 44.8 Å². The molecule has 0 saturated carbocycles. The molecule has 0 amide bonds. The molecule has 1 rings (SSSR count). The van der Waals surface area contributed by atoms with Gasteiger partial charge in [0.25, 0.3) is 0 Å². The molecule has 0 fully saturated rings. The first-order chi connectivity index (χ1) is 8.10. The fourth-order valence-corrected chi connectivity index (χ4v) is 2.42. The zero-order valence-corrected chi connectivity index (χ0v) is 11.5. The highest BCUT2D eigenvalue weighted by molar-refractivity contribution is 6.31. The van der Waals surface area contributed by atoms with Crippen molar-refractivity contribution in [2.24, 2.45) is 5.92 Å². The molecule has 0 bridgehead atoms. The lowest BCUT2D eigenvalue weighted by molar-refractivity contribution is 0.142. The van der Waals surface area contributed by atoms with E-state index < -0.39 is 6.10 Å². The monoisotopic (exact) mass is 256 g/mol. The van der Waals surface area contributed by atoms with E-state index in [1.807, 2.05) is 12.1 Å². The Morgan fingerprint density at radius 2 is 2.12 bits per heavy atom. The van der Waals surface area contributed by atoms with Gasteiger partial charge in [-0.3, -0.25) is 0 Å². The Hall–Kier alpha value is -0.730. The smallest absolute Gasteiger partial charge is 0.126 e. The number of benzene rings is 1. The second-order valence-corrected chi connectivity index (χ2v) is 4.91. The van der Waals surface area contributed by atoms with E-state index in [0.717, 1.165) is 12.8 Å². The van der Waals surface area contributed by atoms with Crippen molar-refractivity contribution in [2.45, 2.75) is 39.2 Å². The van der Waals surface area contributed by atoms with Crippen LogP contribution in [0.3, 0.4) is 0 Å². The van der Waals surface area contributed by atoms with Crippen molar-refractivity contribution in [2.75, 3.05) is 7.11 Å². The van der Waals surface area contributed by atoms with Crippen LogP contribution < -0.4 is 4.74 Å². The van der Waals surface area contributed by atoms with Gasteiger partial charge in [-0.2, -0.15) is 0 Å². The number of hydrogen-bond donors (Lipinski definition) is 1. The minimum absolute atomic E-state index is 0.482. The highest BCUT2D eigenvalue weighted by Gasteiger charge is 2.19. The molecule has 96 valence electrons. The van der Waals surface area contributed by atoms with Gasteiger partial charge in [0.2, 0.25) is 0 Å². The molecule has 0 heterocycles. The zero-order valence-electron chi connectivity index (χ0n) is 10.7. The molecule has 2 nitrogen and oxygen atoms in total. The van der Waals surface area contributed by atoms with E-state index in [2.05, 4.69) is 13.8 Å². The van der Waals surface area contributed by atoms with Gasteiger partial charge < -0.3 is 9.84 Å². The van der Waals surface area contributed by atoms with Crippen LogP contribution >= 0.6 is 11.6 Å². The maximum atomic E-state index is 10.2. The summed E-state index contributed by atoms with van der Waals surface area (Å²) in [6.07, 6.45) is 2.41. The number of halogens is 1. The molecule has 0 radical (unpaired) electrons. The number of methoxy groups -OCH3 is 1. The Bertz CT molecular complexity index is 352. The van der Waals surface area contributed by atoms with Gasteiger partial charge in [-0.25, -0.2) is 0 Å². The summed E-state index contributed by atoms with van der Waals surface area (Å²) >= 11 is 6.12. The van der Waals surface area contributed by atoms with Crippen molar-refractivity contribution in [3.8, 4) is 5.75 Å². The van der Waals surface area contributed by atoms with Crippen molar-refractivity contribution in [1.82, 2.24) is 0 Å². The summed E-state index contributed by atoms with van der Waals surface area (Å²) in [6.45, 7) is 4.30. The Balaban J connectivity index is 2.84. The molecular weight excluding hydrogens is 236 g/mol. The average molecular weight is 257 g/mol. The Morgan fingerprint density at radius 1 is 1.41 bits per heavy atom. The standard InChI is InChI=1S/C14H21ClO2/c1-4-6-10(2)9-12(16)14-11(15)7-5-8-13(14)17-3/h5,7-8,10,12,16H,4,6,9H2,1-3H3. The van der Waals surface area contributed by atoms with Crippen LogP contribution in [-0.4, -0.2) is 12.2 Å². The minimum atomic E-state index is -0.555. The third-order valence-corrected chi connectivity index (χ3v) is 3.30. The lowest BCUT2D eigenvalue weighted by atomic mass is 9.94. The van der Waals surface area contributed by atoms with Crippen LogP contribution in [0.4, 0.5) is 0 Å². The van der Waals surface area contributed by atoms with E-state index in [1.54, 1.807) is 13.2 Å². The van der Waals surface area contributed by atoms with Crippen LogP contribution in [0.2, 0.25) is 5.02 Å². The molecule has 0 spiro atoms. The lowest BCUT2D eigenvalue weighted by Crippen LogP contribution is -2.06. The predicted octanol–water partition coefficient (Wildman–Crippen LogP) is 4.21. The van der Waals surface area contributed by atoms with Crippen molar-refractivity contribution in [1.29, 1.82) is 0 Å². The van der Waals surface area contributed by atoms with Gasteiger partial charge in [-0.05, 0) is 24.5 Å². The van der Waals surface area contributed by atoms with Gasteiger partial charge in [-0.1, -0.05) is 44.4 Å². The SMILES string of the molecule is CCCC(C)CC(O)c1c(Cl)cccc1OC. The number of aliphatic hydroxyl groups is 1. The third-order valence-electron chi connectivity index (χ3n) is 2.97. The van der Waals surface area contributed by atoms with Gasteiger partial charge in [0, 0.05) is 5.56 Å². The van der Waals surface area contributed by atoms with Crippen LogP contribution in [0.25, 0.3) is 0 Å². The van der Waals surface area contributed by atoms with Gasteiger partial charge >= 0.3 is 0 Å². The van der Waals surface area contributed by atoms with Crippen molar-refractivity contribution in [3.05, 3.63) is 28.8 Å². The molecule has 2 atom stereocenters. The first-order valence-electron chi connectivity index (χ1n) is 6.10. The summed E-state index contributed by atoms with van der Waals surface area (Å²) < 4.78 is 5.24. The largest absolute Gasteiger partial charge is 0.496 e. The zero-order chi connectivity index (χ0) is 12.8. The van der Waals surface area contributed by atoms with E-state index >= 15 is 0 Å². The number of rotatable bonds is 6. The fraction of sp³-hybridized carbons (Fsp3) is 0.571. The summed E-state index contributed by atoms with van der Waals surface area (Å²) in [4.78, 5) is 0. The molecule has 17 heavy (non-hydrogen) atoms. The molecule has 0 aliphatic heterocycles. The summed E-state index contributed by atoms with van der Waals surface area (Å²) in [5.41, 5.74) is 0.708. The normalized spacial score (nSPS) is 14.4. The number of hydrogen-bond acceptors (Lipinski definition) is 2. The fourth-order valence-electron chi connectivity index (χ4n) is 2.13. The van der Waals surface area contributed by atoms with Gasteiger partial charge in [0.15, 0.2) is 0 Å². The lowest BCUT2D eigenvalue weighted by Gasteiger charge is -2.19. The van der Waals surface area contributed by atoms with Crippen molar-refractivity contribution in [3.63, 3.8) is 0 Å². The second-order valence-electron chi connectivity index (χ2n) is 4.50. The van der Waals surface area contributed by atoms with Crippen LogP contribution in [0.15, 0.2) is 18.2 Å². The molecule has 0 aliphatic rings. The molecule has 2 unspecified atom stereocenters. The molecule has 1 N–H and O–H groups in total. The van der Waals surface area contributed by atoms with E-state index in [4.69, 9.17) is 16.3 Å². The van der Waals surface area contributed by atoms with Gasteiger partial charge in [0.05, 0.1) is 18.2 Å². The van der Waals surface area contributed by atoms with Crippen LogP contribution in [-0.2, 0) is 0 Å². The van der Waals surface area contributed by atoms with E-state index in [1.165, 1.54) is 0 Å². The maximum Gasteiger partial charge on any atom is 0.126 e. The molecule has 1 aromatic rings. The Kier molecular flexibility index (Phi) is 5.79. The maximum absolute atomic E-state index is 10.2. The summed E-state index contributed by atoms with van der Waals surface area (Å²) in [6, 6.07) is 5.44. The van der Waals surface area contributed by atoms with Crippen molar-refractivity contribution < 1.29 is 9.84 Å². The Labute approximate surface area is 109 Å². The molecular formula is C14H21ClO2. The molecule has 0 aromatic heterocycles. The first-order valence-corrected chi connectivity index (χ1v) is 6.48. The summed E-state index contributed by atoms with van der Waals surface area (Å²) in [5.74, 6) is 1.14. The molecule has 0 saturated heterocycles. The van der Waals surface area contributed by atoms with E-state index in [-0.39, 0.29) is 0 Å². The average Bonchev–Trinajstić information content (AvgIpc) is 2.28. The Morgan fingerprint density at radius 3 is 2.71 bits per heavy atom. The van der Waals surface area contributed by atoms with Crippen LogP contribution in [0, 0.1) is 5.92 Å². The van der Waals surface area contributed by atoms with Gasteiger partial charge in [0.1, 0.15) is 5.75 Å². The topological polar surface area (TPSA) is 29.5 Å².